The highest BCUT2D eigenvalue weighted by Crippen LogP contribution is 2.41. The number of benzene rings is 1. The summed E-state index contributed by atoms with van der Waals surface area (Å²) in [5.74, 6) is -1.15. The molecule has 0 aromatic heterocycles. The van der Waals surface area contributed by atoms with Crippen LogP contribution in [0, 0.1) is 11.8 Å². The molecule has 2 rings (SSSR count). The van der Waals surface area contributed by atoms with Gasteiger partial charge in [0.25, 0.3) is 0 Å². The van der Waals surface area contributed by atoms with Crippen LogP contribution in [0.25, 0.3) is 0 Å². The average molecular weight is 521 g/mol. The van der Waals surface area contributed by atoms with E-state index in [2.05, 4.69) is 0 Å². The molecule has 12 heteroatoms. The van der Waals surface area contributed by atoms with Crippen LogP contribution in [-0.4, -0.2) is 49.4 Å². The zero-order chi connectivity index (χ0) is 25.4. The molecule has 1 aromatic carbocycles. The van der Waals surface area contributed by atoms with Crippen LogP contribution in [0.2, 0.25) is 0 Å². The molecule has 1 aromatic rings. The molecule has 1 unspecified atom stereocenters. The molecule has 0 saturated heterocycles. The van der Waals surface area contributed by atoms with E-state index in [9.17, 15) is 35.5 Å². The number of carbonyl (C=O) groups excluding carboxylic acids is 1. The molecule has 1 saturated carbocycles. The van der Waals surface area contributed by atoms with E-state index in [1.54, 1.807) is 0 Å². The molecule has 4 nitrogen and oxygen atoms in total. The van der Waals surface area contributed by atoms with Crippen molar-refractivity contribution in [1.82, 2.24) is 0 Å². The number of aliphatic hydroxyl groups is 1. The Balaban J connectivity index is 1.87. The SMILES string of the molecule is O=C(CCCCOC[C@H]1CCC(F)[C@@H]1CSc1cc(C(F)(F)F)cc(C(F)(F)F)c1)OCCO. The lowest BCUT2D eigenvalue weighted by atomic mass is 9.98. The Bertz CT molecular complexity index is 753. The van der Waals surface area contributed by atoms with Crippen molar-refractivity contribution in [2.75, 3.05) is 32.2 Å². The molecule has 0 heterocycles. The second-order valence-electron chi connectivity index (χ2n) is 8.05. The van der Waals surface area contributed by atoms with E-state index >= 15 is 0 Å². The van der Waals surface area contributed by atoms with Gasteiger partial charge in [-0.1, -0.05) is 0 Å². The zero-order valence-electron chi connectivity index (χ0n) is 18.3. The molecule has 1 aliphatic carbocycles. The Hall–Kier alpha value is -1.53. The predicted octanol–water partition coefficient (Wildman–Crippen LogP) is 5.90. The van der Waals surface area contributed by atoms with Crippen LogP contribution in [0.3, 0.4) is 0 Å². The lowest BCUT2D eigenvalue weighted by molar-refractivity contribution is -0.145. The smallest absolute Gasteiger partial charge is 0.416 e. The third kappa shape index (κ3) is 9.26. The van der Waals surface area contributed by atoms with Gasteiger partial charge in [0.05, 0.1) is 17.7 Å². The Morgan fingerprint density at radius 1 is 1.00 bits per heavy atom. The summed E-state index contributed by atoms with van der Waals surface area (Å²) < 4.78 is 103. The number of aliphatic hydroxyl groups excluding tert-OH is 1. The molecule has 3 atom stereocenters. The van der Waals surface area contributed by atoms with Crippen molar-refractivity contribution in [2.45, 2.75) is 55.5 Å². The van der Waals surface area contributed by atoms with Gasteiger partial charge >= 0.3 is 18.3 Å². The molecule has 0 spiro atoms. The van der Waals surface area contributed by atoms with Gasteiger partial charge in [0.15, 0.2) is 0 Å². The van der Waals surface area contributed by atoms with Crippen molar-refractivity contribution in [2.24, 2.45) is 11.8 Å². The second kappa shape index (κ2) is 13.0. The lowest BCUT2D eigenvalue weighted by Gasteiger charge is -2.21. The first-order valence-corrected chi connectivity index (χ1v) is 11.8. The van der Waals surface area contributed by atoms with Gasteiger partial charge in [-0.25, -0.2) is 4.39 Å². The minimum Gasteiger partial charge on any atom is -0.463 e. The van der Waals surface area contributed by atoms with Crippen molar-refractivity contribution in [3.05, 3.63) is 29.3 Å². The fourth-order valence-corrected chi connectivity index (χ4v) is 4.97. The van der Waals surface area contributed by atoms with E-state index in [4.69, 9.17) is 14.6 Å². The molecule has 0 aliphatic heterocycles. The van der Waals surface area contributed by atoms with Crippen molar-refractivity contribution < 1.29 is 50.1 Å². The highest BCUT2D eigenvalue weighted by molar-refractivity contribution is 7.99. The third-order valence-corrected chi connectivity index (χ3v) is 6.61. The van der Waals surface area contributed by atoms with E-state index in [1.807, 2.05) is 0 Å². The fraction of sp³-hybridized carbons (Fsp3) is 0.682. The molecule has 0 amide bonds. The van der Waals surface area contributed by atoms with Gasteiger partial charge in [-0.2, -0.15) is 26.3 Å². The van der Waals surface area contributed by atoms with E-state index in [0.29, 0.717) is 38.0 Å². The average Bonchev–Trinajstić information content (AvgIpc) is 3.11. The number of ether oxygens (including phenoxy) is 2. The van der Waals surface area contributed by atoms with Gasteiger partial charge in [-0.05, 0) is 49.8 Å². The van der Waals surface area contributed by atoms with Gasteiger partial charge in [0.1, 0.15) is 12.8 Å². The van der Waals surface area contributed by atoms with E-state index in [0.717, 1.165) is 11.8 Å². The first-order valence-electron chi connectivity index (χ1n) is 10.8. The number of alkyl halides is 7. The number of thioether (sulfide) groups is 1. The Morgan fingerprint density at radius 2 is 1.65 bits per heavy atom. The highest BCUT2D eigenvalue weighted by atomic mass is 32.2. The number of rotatable bonds is 12. The van der Waals surface area contributed by atoms with E-state index < -0.39 is 41.5 Å². The van der Waals surface area contributed by atoms with Gasteiger partial charge in [0.2, 0.25) is 0 Å². The van der Waals surface area contributed by atoms with Gasteiger partial charge in [0, 0.05) is 36.2 Å². The minimum absolute atomic E-state index is 0.0322. The van der Waals surface area contributed by atoms with Crippen molar-refractivity contribution in [3.63, 3.8) is 0 Å². The van der Waals surface area contributed by atoms with Crippen molar-refractivity contribution in [1.29, 1.82) is 0 Å². The summed E-state index contributed by atoms with van der Waals surface area (Å²) in [6.07, 6.45) is -9.06. The van der Waals surface area contributed by atoms with E-state index in [1.165, 1.54) is 0 Å². The van der Waals surface area contributed by atoms with Crippen LogP contribution >= 0.6 is 11.8 Å². The lowest BCUT2D eigenvalue weighted by Crippen LogP contribution is -2.22. The largest absolute Gasteiger partial charge is 0.463 e. The Morgan fingerprint density at radius 3 is 2.24 bits per heavy atom. The highest BCUT2D eigenvalue weighted by Gasteiger charge is 2.38. The maximum Gasteiger partial charge on any atom is 0.416 e. The standard InChI is InChI=1S/C22H27F7O4S/c23-19-5-4-14(12-32-7-2-1-3-20(31)33-8-6-30)18(19)13-34-17-10-15(21(24,25)26)9-16(11-17)22(27,28)29/h9-11,14,18-19,30H,1-8,12-13H2/t14-,18-,19?/m1/s1. The second-order valence-corrected chi connectivity index (χ2v) is 9.14. The first-order chi connectivity index (χ1) is 15.9. The first kappa shape index (κ1) is 28.7. The van der Waals surface area contributed by atoms with Crippen LogP contribution in [-0.2, 0) is 26.6 Å². The number of carbonyl (C=O) groups is 1. The molecule has 1 N–H and O–H groups in total. The number of esters is 1. The number of halogens is 7. The van der Waals surface area contributed by atoms with Crippen LogP contribution in [0.1, 0.15) is 43.2 Å². The van der Waals surface area contributed by atoms with Crippen molar-refractivity contribution in [3.8, 4) is 0 Å². The topological polar surface area (TPSA) is 55.8 Å². The van der Waals surface area contributed by atoms with E-state index in [-0.39, 0.29) is 55.3 Å². The summed E-state index contributed by atoms with van der Waals surface area (Å²) in [6, 6.07) is 1.37. The Kier molecular flexibility index (Phi) is 10.9. The van der Waals surface area contributed by atoms with Crippen LogP contribution in [0.15, 0.2) is 23.1 Å². The molecule has 194 valence electrons. The molecule has 0 bridgehead atoms. The van der Waals surface area contributed by atoms with Gasteiger partial charge < -0.3 is 14.6 Å². The normalized spacial score (nSPS) is 21.1. The summed E-state index contributed by atoms with van der Waals surface area (Å²) in [4.78, 5) is 11.1. The third-order valence-electron chi connectivity index (χ3n) is 5.49. The summed E-state index contributed by atoms with van der Waals surface area (Å²) >= 11 is 0.778. The molecule has 1 fully saturated rings. The number of hydrogen-bond donors (Lipinski definition) is 1. The molecule has 34 heavy (non-hydrogen) atoms. The molecule has 1 aliphatic rings. The monoisotopic (exact) mass is 520 g/mol. The van der Waals surface area contributed by atoms with Gasteiger partial charge in [-0.3, -0.25) is 4.79 Å². The minimum atomic E-state index is -4.93. The fourth-order valence-electron chi connectivity index (χ4n) is 3.69. The van der Waals surface area contributed by atoms with Crippen LogP contribution < -0.4 is 0 Å². The van der Waals surface area contributed by atoms with Crippen LogP contribution in [0.4, 0.5) is 30.7 Å². The maximum atomic E-state index is 14.4. The maximum absolute atomic E-state index is 14.4. The number of unbranched alkanes of at least 4 members (excludes halogenated alkanes) is 1. The summed E-state index contributed by atoms with van der Waals surface area (Å²) in [7, 11) is 0. The van der Waals surface area contributed by atoms with Crippen molar-refractivity contribution >= 4 is 17.7 Å². The predicted molar refractivity (Wildman–Crippen MR) is 111 cm³/mol. The molecule has 0 radical (unpaired) electrons. The summed E-state index contributed by atoms with van der Waals surface area (Å²) in [6.45, 7) is 0.238. The number of hydrogen-bond acceptors (Lipinski definition) is 5. The molecular weight excluding hydrogens is 493 g/mol. The summed E-state index contributed by atoms with van der Waals surface area (Å²) in [5, 5.41) is 8.58. The molecular formula is C22H27F7O4S. The zero-order valence-corrected chi connectivity index (χ0v) is 19.1. The Labute approximate surface area is 197 Å². The quantitative estimate of drug-likeness (QED) is 0.161. The van der Waals surface area contributed by atoms with Gasteiger partial charge in [-0.15, -0.1) is 11.8 Å². The summed E-state index contributed by atoms with van der Waals surface area (Å²) in [5.41, 5.74) is -2.79. The van der Waals surface area contributed by atoms with Crippen LogP contribution in [0.5, 0.6) is 0 Å².